The van der Waals surface area contributed by atoms with Crippen LogP contribution in [0.15, 0.2) is 12.2 Å². The van der Waals surface area contributed by atoms with Crippen molar-refractivity contribution in [3.8, 4) is 0 Å². The maximum absolute atomic E-state index is 11.1. The van der Waals surface area contributed by atoms with E-state index in [2.05, 4.69) is 34.3 Å². The Hall–Kier alpha value is -0.790. The van der Waals surface area contributed by atoms with Gasteiger partial charge in [-0.15, -0.1) is 0 Å². The van der Waals surface area contributed by atoms with Crippen molar-refractivity contribution >= 4 is 5.97 Å². The highest BCUT2D eigenvalue weighted by atomic mass is 16.5. The van der Waals surface area contributed by atoms with Gasteiger partial charge in [0, 0.05) is 5.57 Å². The van der Waals surface area contributed by atoms with Gasteiger partial charge in [-0.3, -0.25) is 0 Å². The van der Waals surface area contributed by atoms with Gasteiger partial charge in [0.25, 0.3) is 0 Å². The zero-order valence-electron chi connectivity index (χ0n) is 10.0. The summed E-state index contributed by atoms with van der Waals surface area (Å²) in [5.41, 5.74) is 0.682. The first-order valence-electron chi connectivity index (χ1n) is 5.14. The van der Waals surface area contributed by atoms with E-state index in [1.807, 2.05) is 0 Å². The van der Waals surface area contributed by atoms with E-state index < -0.39 is 0 Å². The van der Waals surface area contributed by atoms with Crippen molar-refractivity contribution in [2.24, 2.45) is 11.3 Å². The molecule has 82 valence electrons. The minimum atomic E-state index is -0.288. The third kappa shape index (κ3) is 3.95. The molecule has 0 fully saturated rings. The molecule has 0 saturated heterocycles. The molecule has 0 radical (unpaired) electrons. The predicted molar refractivity (Wildman–Crippen MR) is 59.0 cm³/mol. The van der Waals surface area contributed by atoms with Crippen molar-refractivity contribution in [3.05, 3.63) is 12.2 Å². The molecule has 0 aliphatic rings. The highest BCUT2D eigenvalue weighted by molar-refractivity contribution is 5.86. The van der Waals surface area contributed by atoms with Gasteiger partial charge in [-0.25, -0.2) is 4.79 Å². The Morgan fingerprint density at radius 1 is 1.50 bits per heavy atom. The Labute approximate surface area is 87.3 Å². The quantitative estimate of drug-likeness (QED) is 0.501. The fourth-order valence-corrected chi connectivity index (χ4v) is 0.898. The number of carbonyl (C=O) groups is 1. The van der Waals surface area contributed by atoms with Gasteiger partial charge in [-0.05, 0) is 18.3 Å². The van der Waals surface area contributed by atoms with E-state index in [4.69, 9.17) is 4.74 Å². The molecule has 0 aliphatic heterocycles. The van der Waals surface area contributed by atoms with Crippen molar-refractivity contribution in [3.63, 3.8) is 0 Å². The minimum absolute atomic E-state index is 0.218. The monoisotopic (exact) mass is 198 g/mol. The van der Waals surface area contributed by atoms with Gasteiger partial charge in [0.1, 0.15) is 0 Å². The second-order valence-electron chi connectivity index (χ2n) is 4.62. The lowest BCUT2D eigenvalue weighted by molar-refractivity contribution is -0.141. The molecular weight excluding hydrogens is 176 g/mol. The van der Waals surface area contributed by atoms with Gasteiger partial charge < -0.3 is 4.74 Å². The summed E-state index contributed by atoms with van der Waals surface area (Å²) < 4.78 is 5.11. The maximum Gasteiger partial charge on any atom is 0.333 e. The highest BCUT2D eigenvalue weighted by Crippen LogP contribution is 2.30. The smallest absolute Gasteiger partial charge is 0.333 e. The zero-order chi connectivity index (χ0) is 11.4. The van der Waals surface area contributed by atoms with Crippen LogP contribution in [0.25, 0.3) is 0 Å². The second-order valence-corrected chi connectivity index (χ2v) is 4.62. The van der Waals surface area contributed by atoms with Crippen LogP contribution in [0.2, 0.25) is 0 Å². The third-order valence-electron chi connectivity index (χ3n) is 3.06. The Morgan fingerprint density at radius 3 is 2.36 bits per heavy atom. The molecule has 0 saturated carbocycles. The number of ether oxygens (including phenoxy) is 1. The summed E-state index contributed by atoms with van der Waals surface area (Å²) in [6.45, 7) is 14.3. The molecule has 0 aromatic heterocycles. The fourth-order valence-electron chi connectivity index (χ4n) is 0.898. The van der Waals surface area contributed by atoms with Gasteiger partial charge in [0.05, 0.1) is 6.61 Å². The first-order valence-corrected chi connectivity index (χ1v) is 5.14. The van der Waals surface area contributed by atoms with Crippen molar-refractivity contribution < 1.29 is 9.53 Å². The molecule has 0 N–H and O–H groups in total. The van der Waals surface area contributed by atoms with Crippen LogP contribution < -0.4 is 0 Å². The highest BCUT2D eigenvalue weighted by Gasteiger charge is 2.24. The summed E-state index contributed by atoms with van der Waals surface area (Å²) in [4.78, 5) is 11.1. The molecule has 0 aliphatic carbocycles. The second kappa shape index (κ2) is 5.18. The van der Waals surface area contributed by atoms with Crippen LogP contribution in [0.5, 0.6) is 0 Å². The number of rotatable bonds is 5. The van der Waals surface area contributed by atoms with Crippen LogP contribution in [0.4, 0.5) is 0 Å². The Balaban J connectivity index is 4.03. The van der Waals surface area contributed by atoms with Crippen molar-refractivity contribution in [2.45, 2.75) is 41.0 Å². The molecule has 2 nitrogen and oxygen atoms in total. The summed E-state index contributed by atoms with van der Waals surface area (Å²) in [6, 6.07) is 0. The molecule has 0 amide bonds. The standard InChI is InChI=1S/C12H22O2/c1-7-12(5,6)10(4)8-14-11(13)9(2)3/h10H,2,7-8H2,1,3-6H3. The topological polar surface area (TPSA) is 26.3 Å². The molecule has 1 atom stereocenters. The summed E-state index contributed by atoms with van der Waals surface area (Å²) in [5, 5.41) is 0. The number of esters is 1. The molecule has 0 bridgehead atoms. The van der Waals surface area contributed by atoms with Gasteiger partial charge in [0.15, 0.2) is 0 Å². The Bertz CT molecular complexity index is 216. The van der Waals surface area contributed by atoms with Gasteiger partial charge >= 0.3 is 5.97 Å². The van der Waals surface area contributed by atoms with E-state index in [0.717, 1.165) is 6.42 Å². The van der Waals surface area contributed by atoms with Gasteiger partial charge in [0.2, 0.25) is 0 Å². The first kappa shape index (κ1) is 13.2. The van der Waals surface area contributed by atoms with Crippen LogP contribution in [-0.4, -0.2) is 12.6 Å². The van der Waals surface area contributed by atoms with Crippen LogP contribution >= 0.6 is 0 Å². The van der Waals surface area contributed by atoms with Crippen molar-refractivity contribution in [1.82, 2.24) is 0 Å². The van der Waals surface area contributed by atoms with E-state index in [-0.39, 0.29) is 11.4 Å². The summed E-state index contributed by atoms with van der Waals surface area (Å²) in [5.74, 6) is 0.0829. The van der Waals surface area contributed by atoms with Crippen LogP contribution in [0.3, 0.4) is 0 Å². The third-order valence-corrected chi connectivity index (χ3v) is 3.06. The molecule has 1 unspecified atom stereocenters. The van der Waals surface area contributed by atoms with E-state index in [0.29, 0.717) is 18.1 Å². The van der Waals surface area contributed by atoms with Crippen molar-refractivity contribution in [1.29, 1.82) is 0 Å². The van der Waals surface area contributed by atoms with Crippen LogP contribution in [0.1, 0.15) is 41.0 Å². The molecule has 2 heteroatoms. The largest absolute Gasteiger partial charge is 0.462 e. The molecule has 0 aromatic carbocycles. The molecule has 0 rings (SSSR count). The number of hydrogen-bond donors (Lipinski definition) is 0. The van der Waals surface area contributed by atoms with E-state index >= 15 is 0 Å². The molecular formula is C12H22O2. The summed E-state index contributed by atoms with van der Waals surface area (Å²) in [6.07, 6.45) is 1.08. The zero-order valence-corrected chi connectivity index (χ0v) is 10.0. The fraction of sp³-hybridized carbons (Fsp3) is 0.750. The lowest BCUT2D eigenvalue weighted by Crippen LogP contribution is -2.26. The lowest BCUT2D eigenvalue weighted by Gasteiger charge is -2.30. The molecule has 0 aromatic rings. The summed E-state index contributed by atoms with van der Waals surface area (Å²) in [7, 11) is 0. The van der Waals surface area contributed by atoms with E-state index in [1.165, 1.54) is 0 Å². The lowest BCUT2D eigenvalue weighted by atomic mass is 9.78. The molecule has 0 spiro atoms. The average molecular weight is 198 g/mol. The van der Waals surface area contributed by atoms with Crippen molar-refractivity contribution in [2.75, 3.05) is 6.61 Å². The summed E-state index contributed by atoms with van der Waals surface area (Å²) >= 11 is 0. The number of hydrogen-bond acceptors (Lipinski definition) is 2. The van der Waals surface area contributed by atoms with Gasteiger partial charge in [-0.2, -0.15) is 0 Å². The Kier molecular flexibility index (Phi) is 4.89. The minimum Gasteiger partial charge on any atom is -0.462 e. The van der Waals surface area contributed by atoms with Gasteiger partial charge in [-0.1, -0.05) is 40.7 Å². The molecule has 14 heavy (non-hydrogen) atoms. The maximum atomic E-state index is 11.1. The van der Waals surface area contributed by atoms with E-state index in [9.17, 15) is 4.79 Å². The van der Waals surface area contributed by atoms with Crippen LogP contribution in [-0.2, 0) is 9.53 Å². The molecule has 0 heterocycles. The first-order chi connectivity index (χ1) is 6.31. The number of carbonyl (C=O) groups excluding carboxylic acids is 1. The predicted octanol–water partition coefficient (Wildman–Crippen LogP) is 3.18. The normalized spacial score (nSPS) is 13.5. The average Bonchev–Trinajstić information content (AvgIpc) is 2.13. The van der Waals surface area contributed by atoms with Crippen LogP contribution in [0, 0.1) is 11.3 Å². The SMILES string of the molecule is C=C(C)C(=O)OCC(C)C(C)(C)CC. The Morgan fingerprint density at radius 2 is 2.00 bits per heavy atom. The van der Waals surface area contributed by atoms with E-state index in [1.54, 1.807) is 6.92 Å².